The highest BCUT2D eigenvalue weighted by Crippen LogP contribution is 2.32. The van der Waals surface area contributed by atoms with E-state index in [2.05, 4.69) is 20.8 Å². The number of unbranched alkanes of at least 4 members (excludes halogenated alkanes) is 3. The zero-order valence-electron chi connectivity index (χ0n) is 13.0. The minimum atomic E-state index is 0.0692. The first-order valence-corrected chi connectivity index (χ1v) is 8.13. The van der Waals surface area contributed by atoms with Crippen molar-refractivity contribution >= 4 is 0 Å². The molecule has 0 aromatic rings. The Morgan fingerprint density at radius 2 is 1.50 bits per heavy atom. The topological polar surface area (TPSA) is 52.0 Å². The van der Waals surface area contributed by atoms with E-state index in [0.29, 0.717) is 5.92 Å². The van der Waals surface area contributed by atoms with E-state index < -0.39 is 0 Å². The average molecular weight is 256 g/mol. The minimum absolute atomic E-state index is 0.0692. The van der Waals surface area contributed by atoms with E-state index in [1.807, 2.05) is 0 Å². The molecule has 0 heterocycles. The lowest BCUT2D eigenvalue weighted by Gasteiger charge is -2.37. The van der Waals surface area contributed by atoms with Gasteiger partial charge < -0.3 is 11.5 Å². The summed E-state index contributed by atoms with van der Waals surface area (Å²) in [4.78, 5) is 0. The maximum atomic E-state index is 6.72. The van der Waals surface area contributed by atoms with Crippen LogP contribution < -0.4 is 11.5 Å². The van der Waals surface area contributed by atoms with Crippen molar-refractivity contribution in [2.75, 3.05) is 6.54 Å². The van der Waals surface area contributed by atoms with Gasteiger partial charge in [0.2, 0.25) is 0 Å². The zero-order valence-corrected chi connectivity index (χ0v) is 13.0. The van der Waals surface area contributed by atoms with Gasteiger partial charge in [0.1, 0.15) is 0 Å². The van der Waals surface area contributed by atoms with Crippen molar-refractivity contribution in [1.82, 2.24) is 0 Å². The van der Waals surface area contributed by atoms with Crippen molar-refractivity contribution in [2.24, 2.45) is 17.4 Å². The van der Waals surface area contributed by atoms with E-state index in [-0.39, 0.29) is 5.54 Å². The van der Waals surface area contributed by atoms with Crippen molar-refractivity contribution in [3.8, 4) is 0 Å². The summed E-state index contributed by atoms with van der Waals surface area (Å²) in [6.45, 7) is 7.61. The zero-order chi connectivity index (χ0) is 13.9. The molecule has 0 aromatic carbocycles. The third-order valence-corrected chi connectivity index (χ3v) is 4.38. The van der Waals surface area contributed by atoms with Crippen molar-refractivity contribution in [3.05, 3.63) is 0 Å². The summed E-state index contributed by atoms with van der Waals surface area (Å²) in [5.74, 6) is 0.695. The number of hydrogen-bond donors (Lipinski definition) is 2. The first-order valence-electron chi connectivity index (χ1n) is 8.13. The lowest BCUT2D eigenvalue weighted by molar-refractivity contribution is 0.204. The summed E-state index contributed by atoms with van der Waals surface area (Å²) in [6.07, 6.45) is 12.4. The van der Waals surface area contributed by atoms with Crippen molar-refractivity contribution < 1.29 is 0 Å². The van der Waals surface area contributed by atoms with Crippen LogP contribution in [-0.2, 0) is 0 Å². The van der Waals surface area contributed by atoms with Gasteiger partial charge in [-0.3, -0.25) is 0 Å². The van der Waals surface area contributed by atoms with Crippen molar-refractivity contribution in [3.63, 3.8) is 0 Å². The fourth-order valence-corrected chi connectivity index (χ4v) is 2.88. The molecule has 0 aliphatic carbocycles. The predicted octanol–water partition coefficient (Wildman–Crippen LogP) is 4.22. The third-order valence-electron chi connectivity index (χ3n) is 4.38. The lowest BCUT2D eigenvalue weighted by atomic mass is 9.74. The average Bonchev–Trinajstić information content (AvgIpc) is 2.40. The Morgan fingerprint density at radius 1 is 0.889 bits per heavy atom. The summed E-state index contributed by atoms with van der Waals surface area (Å²) in [5, 5.41) is 0. The molecular formula is C16H36N2. The van der Waals surface area contributed by atoms with Gasteiger partial charge >= 0.3 is 0 Å². The van der Waals surface area contributed by atoms with E-state index in [1.54, 1.807) is 0 Å². The van der Waals surface area contributed by atoms with Crippen LogP contribution in [0.1, 0.15) is 85.0 Å². The van der Waals surface area contributed by atoms with Crippen LogP contribution in [0.2, 0.25) is 0 Å². The highest BCUT2D eigenvalue weighted by Gasteiger charge is 2.31. The van der Waals surface area contributed by atoms with Crippen LogP contribution in [-0.4, -0.2) is 12.1 Å². The summed E-state index contributed by atoms with van der Waals surface area (Å²) >= 11 is 0. The smallest absolute Gasteiger partial charge is 0.0180 e. The molecule has 0 amide bonds. The van der Waals surface area contributed by atoms with Gasteiger partial charge in [0, 0.05) is 5.54 Å². The molecule has 2 heteroatoms. The molecule has 0 saturated heterocycles. The second-order valence-corrected chi connectivity index (χ2v) is 5.81. The predicted molar refractivity (Wildman–Crippen MR) is 82.7 cm³/mol. The molecule has 0 bridgehead atoms. The maximum Gasteiger partial charge on any atom is 0.0180 e. The highest BCUT2D eigenvalue weighted by molar-refractivity contribution is 4.90. The molecule has 0 spiro atoms. The molecule has 2 unspecified atom stereocenters. The Morgan fingerprint density at radius 3 is 2.00 bits per heavy atom. The van der Waals surface area contributed by atoms with Crippen LogP contribution in [0, 0.1) is 5.92 Å². The minimum Gasteiger partial charge on any atom is -0.330 e. The molecule has 0 aliphatic rings. The molecule has 18 heavy (non-hydrogen) atoms. The van der Waals surface area contributed by atoms with Gasteiger partial charge in [0.25, 0.3) is 0 Å². The Kier molecular flexibility index (Phi) is 10.8. The Hall–Kier alpha value is -0.0800. The highest BCUT2D eigenvalue weighted by atomic mass is 14.8. The Balaban J connectivity index is 4.43. The molecule has 2 nitrogen and oxygen atoms in total. The molecule has 2 atom stereocenters. The van der Waals surface area contributed by atoms with Crippen LogP contribution in [0.5, 0.6) is 0 Å². The normalized spacial score (nSPS) is 16.5. The first-order chi connectivity index (χ1) is 8.64. The van der Waals surface area contributed by atoms with Crippen molar-refractivity contribution in [1.29, 1.82) is 0 Å². The number of rotatable bonds is 12. The van der Waals surface area contributed by atoms with Crippen LogP contribution in [0.15, 0.2) is 0 Å². The van der Waals surface area contributed by atoms with Crippen LogP contribution in [0.3, 0.4) is 0 Å². The SMILES string of the molecule is CCCCC(CCCCN)C(N)(CC)CCCC. The van der Waals surface area contributed by atoms with Gasteiger partial charge in [-0.25, -0.2) is 0 Å². The van der Waals surface area contributed by atoms with E-state index >= 15 is 0 Å². The molecule has 0 saturated carbocycles. The van der Waals surface area contributed by atoms with Gasteiger partial charge in [-0.05, 0) is 44.6 Å². The summed E-state index contributed by atoms with van der Waals surface area (Å²) in [6, 6.07) is 0. The maximum absolute atomic E-state index is 6.72. The van der Waals surface area contributed by atoms with Gasteiger partial charge in [0.05, 0.1) is 0 Å². The van der Waals surface area contributed by atoms with Crippen molar-refractivity contribution in [2.45, 2.75) is 90.5 Å². The fraction of sp³-hybridized carbons (Fsp3) is 1.00. The number of nitrogens with two attached hydrogens (primary N) is 2. The van der Waals surface area contributed by atoms with E-state index in [9.17, 15) is 0 Å². The fourth-order valence-electron chi connectivity index (χ4n) is 2.88. The summed E-state index contributed by atoms with van der Waals surface area (Å²) in [7, 11) is 0. The van der Waals surface area contributed by atoms with Gasteiger partial charge in [0.15, 0.2) is 0 Å². The molecule has 0 fully saturated rings. The molecule has 0 aliphatic heterocycles. The van der Waals surface area contributed by atoms with Crippen LogP contribution in [0.4, 0.5) is 0 Å². The van der Waals surface area contributed by atoms with Gasteiger partial charge in [-0.1, -0.05) is 52.9 Å². The molecule has 4 N–H and O–H groups in total. The Labute approximate surface area is 115 Å². The Bertz CT molecular complexity index is 182. The lowest BCUT2D eigenvalue weighted by Crippen LogP contribution is -2.46. The van der Waals surface area contributed by atoms with Gasteiger partial charge in [-0.2, -0.15) is 0 Å². The molecule has 0 aromatic heterocycles. The second-order valence-electron chi connectivity index (χ2n) is 5.81. The largest absolute Gasteiger partial charge is 0.330 e. The second kappa shape index (κ2) is 10.8. The molecule has 0 radical (unpaired) electrons. The standard InChI is InChI=1S/C16H36N2/c1-4-7-11-15(12-9-10-14-17)16(18,6-3)13-8-5-2/h15H,4-14,17-18H2,1-3H3. The van der Waals surface area contributed by atoms with Gasteiger partial charge in [-0.15, -0.1) is 0 Å². The van der Waals surface area contributed by atoms with E-state index in [1.165, 1.54) is 51.4 Å². The molecule has 0 rings (SSSR count). The summed E-state index contributed by atoms with van der Waals surface area (Å²) < 4.78 is 0. The third kappa shape index (κ3) is 6.75. The summed E-state index contributed by atoms with van der Waals surface area (Å²) in [5.41, 5.74) is 12.4. The molecular weight excluding hydrogens is 220 g/mol. The van der Waals surface area contributed by atoms with Crippen LogP contribution in [0.25, 0.3) is 0 Å². The van der Waals surface area contributed by atoms with E-state index in [4.69, 9.17) is 11.5 Å². The van der Waals surface area contributed by atoms with E-state index in [0.717, 1.165) is 19.4 Å². The number of hydrogen-bond acceptors (Lipinski definition) is 2. The first kappa shape index (κ1) is 17.9. The quantitative estimate of drug-likeness (QED) is 0.514. The monoisotopic (exact) mass is 256 g/mol. The van der Waals surface area contributed by atoms with Crippen LogP contribution >= 0.6 is 0 Å². The molecule has 110 valence electrons.